The number of methoxy groups -OCH3 is 1. The van der Waals surface area contributed by atoms with Crippen LogP contribution in [0.3, 0.4) is 0 Å². The van der Waals surface area contributed by atoms with Crippen molar-refractivity contribution in [3.63, 3.8) is 0 Å². The third kappa shape index (κ3) is 3.46. The molecule has 6 nitrogen and oxygen atoms in total. The smallest absolute Gasteiger partial charge is 0.250 e. The van der Waals surface area contributed by atoms with Gasteiger partial charge in [-0.3, -0.25) is 9.59 Å². The minimum Gasteiger partial charge on any atom is -0.383 e. The van der Waals surface area contributed by atoms with Crippen LogP contribution in [0.25, 0.3) is 0 Å². The van der Waals surface area contributed by atoms with E-state index in [1.165, 1.54) is 10.6 Å². The first-order chi connectivity index (χ1) is 9.61. The van der Waals surface area contributed by atoms with Crippen molar-refractivity contribution >= 4 is 11.6 Å². The highest BCUT2D eigenvalue weighted by molar-refractivity contribution is 5.95. The Kier molecular flexibility index (Phi) is 4.92. The van der Waals surface area contributed by atoms with Crippen molar-refractivity contribution in [3.05, 3.63) is 28.7 Å². The molecule has 6 heteroatoms. The van der Waals surface area contributed by atoms with Crippen molar-refractivity contribution in [2.75, 3.05) is 25.6 Å². The second-order valence-corrected chi connectivity index (χ2v) is 5.13. The molecule has 0 bridgehead atoms. The van der Waals surface area contributed by atoms with Gasteiger partial charge < -0.3 is 19.9 Å². The van der Waals surface area contributed by atoms with E-state index in [-0.39, 0.29) is 17.5 Å². The summed E-state index contributed by atoms with van der Waals surface area (Å²) >= 11 is 0. The molecule has 2 N–H and O–H groups in total. The highest BCUT2D eigenvalue weighted by atomic mass is 16.5. The lowest BCUT2D eigenvalue weighted by Gasteiger charge is -2.16. The molecule has 1 aliphatic heterocycles. The molecule has 110 valence electrons. The highest BCUT2D eigenvalue weighted by Gasteiger charge is 2.29. The normalized spacial score (nSPS) is 21.9. The molecule has 0 radical (unpaired) electrons. The van der Waals surface area contributed by atoms with E-state index in [9.17, 15) is 9.59 Å². The maximum absolute atomic E-state index is 12.1. The summed E-state index contributed by atoms with van der Waals surface area (Å²) in [5.74, 6) is 0.279. The monoisotopic (exact) mass is 279 g/mol. The zero-order valence-corrected chi connectivity index (χ0v) is 11.9. The quantitative estimate of drug-likeness (QED) is 0.820. The van der Waals surface area contributed by atoms with Crippen LogP contribution in [0.15, 0.2) is 23.1 Å². The van der Waals surface area contributed by atoms with E-state index in [2.05, 4.69) is 17.6 Å². The summed E-state index contributed by atoms with van der Waals surface area (Å²) in [6.07, 6.45) is 2.66. The maximum Gasteiger partial charge on any atom is 0.250 e. The van der Waals surface area contributed by atoms with Gasteiger partial charge in [0.2, 0.25) is 5.91 Å². The van der Waals surface area contributed by atoms with Crippen LogP contribution in [0.4, 0.5) is 5.69 Å². The number of hydrogen-bond donors (Lipinski definition) is 2. The summed E-state index contributed by atoms with van der Waals surface area (Å²) in [7, 11) is 1.59. The van der Waals surface area contributed by atoms with Crippen molar-refractivity contribution < 1.29 is 9.53 Å². The van der Waals surface area contributed by atoms with E-state index >= 15 is 0 Å². The molecular formula is C14H21N3O3. The molecule has 0 saturated carbocycles. The maximum atomic E-state index is 12.1. The van der Waals surface area contributed by atoms with E-state index in [0.717, 1.165) is 13.0 Å². The van der Waals surface area contributed by atoms with Crippen LogP contribution in [-0.4, -0.2) is 36.8 Å². The molecule has 1 fully saturated rings. The Morgan fingerprint density at radius 3 is 3.00 bits per heavy atom. The van der Waals surface area contributed by atoms with E-state index in [4.69, 9.17) is 4.74 Å². The van der Waals surface area contributed by atoms with Crippen molar-refractivity contribution in [3.8, 4) is 0 Å². The van der Waals surface area contributed by atoms with Crippen LogP contribution in [0, 0.1) is 5.92 Å². The fourth-order valence-corrected chi connectivity index (χ4v) is 2.38. The molecule has 1 aromatic heterocycles. The largest absolute Gasteiger partial charge is 0.383 e. The minimum atomic E-state index is -0.158. The van der Waals surface area contributed by atoms with Gasteiger partial charge in [-0.25, -0.2) is 0 Å². The van der Waals surface area contributed by atoms with E-state index in [1.54, 1.807) is 19.4 Å². The second-order valence-electron chi connectivity index (χ2n) is 5.13. The molecule has 0 spiro atoms. The number of nitrogens with one attached hydrogen (secondary N) is 2. The van der Waals surface area contributed by atoms with Gasteiger partial charge in [-0.15, -0.1) is 0 Å². The summed E-state index contributed by atoms with van der Waals surface area (Å²) in [6, 6.07) is 2.93. The first-order valence-electron chi connectivity index (χ1n) is 6.85. The third-order valence-electron chi connectivity index (χ3n) is 3.60. The lowest BCUT2D eigenvalue weighted by molar-refractivity contribution is -0.118. The van der Waals surface area contributed by atoms with Crippen molar-refractivity contribution in [2.24, 2.45) is 5.92 Å². The lowest BCUT2D eigenvalue weighted by Crippen LogP contribution is -2.39. The number of pyridine rings is 1. The molecule has 0 aliphatic carbocycles. The van der Waals surface area contributed by atoms with Crippen molar-refractivity contribution in [2.45, 2.75) is 25.9 Å². The number of nitrogens with zero attached hydrogens (tertiary/aromatic N) is 1. The van der Waals surface area contributed by atoms with E-state index in [0.29, 0.717) is 24.8 Å². The van der Waals surface area contributed by atoms with Crippen LogP contribution < -0.4 is 16.2 Å². The summed E-state index contributed by atoms with van der Waals surface area (Å²) in [5, 5.41) is 6.04. The summed E-state index contributed by atoms with van der Waals surface area (Å²) in [5.41, 5.74) is 0.527. The van der Waals surface area contributed by atoms with E-state index in [1.807, 2.05) is 0 Å². The van der Waals surface area contributed by atoms with Gasteiger partial charge in [0.15, 0.2) is 0 Å². The molecule has 2 atom stereocenters. The highest BCUT2D eigenvalue weighted by Crippen LogP contribution is 2.16. The average Bonchev–Trinajstić information content (AvgIpc) is 2.85. The third-order valence-corrected chi connectivity index (χ3v) is 3.60. The molecule has 0 aromatic carbocycles. The molecule has 2 heterocycles. The molecule has 1 aromatic rings. The van der Waals surface area contributed by atoms with E-state index < -0.39 is 0 Å². The first kappa shape index (κ1) is 14.7. The molecule has 20 heavy (non-hydrogen) atoms. The van der Waals surface area contributed by atoms with Gasteiger partial charge >= 0.3 is 0 Å². The topological polar surface area (TPSA) is 72.4 Å². The Bertz CT molecular complexity index is 527. The average molecular weight is 279 g/mol. The van der Waals surface area contributed by atoms with Gasteiger partial charge in [-0.2, -0.15) is 0 Å². The van der Waals surface area contributed by atoms with Gasteiger partial charge in [0.25, 0.3) is 5.56 Å². The van der Waals surface area contributed by atoms with Crippen LogP contribution >= 0.6 is 0 Å². The number of amides is 1. The lowest BCUT2D eigenvalue weighted by atomic mass is 10.0. The van der Waals surface area contributed by atoms with Crippen molar-refractivity contribution in [1.29, 1.82) is 0 Å². The number of carbonyl (C=O) groups excluding carboxylic acids is 1. The zero-order valence-electron chi connectivity index (χ0n) is 11.9. The van der Waals surface area contributed by atoms with Gasteiger partial charge in [-0.05, 0) is 24.9 Å². The van der Waals surface area contributed by atoms with Gasteiger partial charge in [0.05, 0.1) is 18.3 Å². The summed E-state index contributed by atoms with van der Waals surface area (Å²) in [4.78, 5) is 23.8. The van der Waals surface area contributed by atoms with Crippen LogP contribution in [0.1, 0.15) is 13.3 Å². The Hall–Kier alpha value is -1.66. The van der Waals surface area contributed by atoms with Crippen LogP contribution in [0.5, 0.6) is 0 Å². The first-order valence-corrected chi connectivity index (χ1v) is 6.85. The fraction of sp³-hybridized carbons (Fsp3) is 0.571. The summed E-state index contributed by atoms with van der Waals surface area (Å²) in [6.45, 7) is 3.85. The van der Waals surface area contributed by atoms with Crippen LogP contribution in [0.2, 0.25) is 0 Å². The second kappa shape index (κ2) is 6.67. The van der Waals surface area contributed by atoms with Gasteiger partial charge in [-0.1, -0.05) is 6.92 Å². The predicted octanol–water partition coefficient (Wildman–Crippen LogP) is 0.431. The molecular weight excluding hydrogens is 258 g/mol. The number of anilines is 1. The van der Waals surface area contributed by atoms with Gasteiger partial charge in [0.1, 0.15) is 0 Å². The number of rotatable bonds is 5. The molecule has 2 unspecified atom stereocenters. The predicted molar refractivity (Wildman–Crippen MR) is 76.8 cm³/mol. The minimum absolute atomic E-state index is 0.0491. The Morgan fingerprint density at radius 2 is 2.35 bits per heavy atom. The number of aromatic nitrogens is 1. The van der Waals surface area contributed by atoms with Crippen LogP contribution in [-0.2, 0) is 16.1 Å². The molecule has 1 saturated heterocycles. The Balaban J connectivity index is 2.05. The molecule has 1 aliphatic rings. The fourth-order valence-electron chi connectivity index (χ4n) is 2.38. The SMILES string of the molecule is COCCn1cc(NC(=O)C2NCCC2C)ccc1=O. The van der Waals surface area contributed by atoms with Crippen molar-refractivity contribution in [1.82, 2.24) is 9.88 Å². The number of carbonyl (C=O) groups is 1. The Labute approximate surface area is 118 Å². The zero-order chi connectivity index (χ0) is 14.5. The summed E-state index contributed by atoms with van der Waals surface area (Å²) < 4.78 is 6.49. The number of ether oxygens (including phenoxy) is 1. The number of hydrogen-bond acceptors (Lipinski definition) is 4. The van der Waals surface area contributed by atoms with Gasteiger partial charge in [0, 0.05) is 25.9 Å². The standard InChI is InChI=1S/C14H21N3O3/c1-10-5-6-15-13(10)14(19)16-11-3-4-12(18)17(9-11)7-8-20-2/h3-4,9-10,13,15H,5-8H2,1-2H3,(H,16,19). The molecule has 2 rings (SSSR count). The Morgan fingerprint density at radius 1 is 1.55 bits per heavy atom. The molecule has 1 amide bonds.